The molecule has 0 atom stereocenters. The number of aromatic nitrogens is 2. The first kappa shape index (κ1) is 18.9. The number of carbonyl (C=O) groups excluding carboxylic acids is 1. The van der Waals surface area contributed by atoms with E-state index in [1.807, 2.05) is 29.2 Å². The van der Waals surface area contributed by atoms with Crippen molar-refractivity contribution in [2.75, 3.05) is 36.4 Å². The lowest BCUT2D eigenvalue weighted by Crippen LogP contribution is -2.49. The molecule has 1 amide bonds. The summed E-state index contributed by atoms with van der Waals surface area (Å²) >= 11 is 0. The number of carbonyl (C=O) groups is 1. The molecule has 0 saturated carbocycles. The summed E-state index contributed by atoms with van der Waals surface area (Å²) in [6.07, 6.45) is 3.41. The van der Waals surface area contributed by atoms with Gasteiger partial charge >= 0.3 is 0 Å². The Morgan fingerprint density at radius 2 is 1.76 bits per heavy atom. The van der Waals surface area contributed by atoms with E-state index >= 15 is 0 Å². The molecule has 3 heterocycles. The molecular formula is C22H22FN5O. The van der Waals surface area contributed by atoms with E-state index in [1.165, 1.54) is 12.1 Å². The van der Waals surface area contributed by atoms with Gasteiger partial charge in [-0.2, -0.15) is 0 Å². The molecule has 0 unspecified atom stereocenters. The minimum Gasteiger partial charge on any atom is -0.381 e. The second kappa shape index (κ2) is 8.68. The standard InChI is InChI=1S/C22H22FN5O/c23-18-6-4-17(5-7-18)16-26-19-8-10-24-20(15-19)22(29)28-13-11-27(12-14-28)21-3-1-2-9-25-21/h1-10,15H,11-14,16H2,(H,24,26). The number of anilines is 2. The zero-order chi connectivity index (χ0) is 20.1. The Labute approximate surface area is 169 Å². The molecule has 0 aliphatic carbocycles. The molecule has 7 heteroatoms. The molecule has 1 saturated heterocycles. The number of halogens is 1. The van der Waals surface area contributed by atoms with E-state index in [9.17, 15) is 9.18 Å². The van der Waals surface area contributed by atoms with Crippen molar-refractivity contribution in [2.24, 2.45) is 0 Å². The summed E-state index contributed by atoms with van der Waals surface area (Å²) in [7, 11) is 0. The molecule has 0 radical (unpaired) electrons. The largest absolute Gasteiger partial charge is 0.381 e. The summed E-state index contributed by atoms with van der Waals surface area (Å²) in [6.45, 7) is 3.28. The van der Waals surface area contributed by atoms with Gasteiger partial charge in [0, 0.05) is 50.8 Å². The molecule has 1 fully saturated rings. The van der Waals surface area contributed by atoms with Crippen molar-refractivity contribution < 1.29 is 9.18 Å². The molecule has 1 aromatic carbocycles. The minimum absolute atomic E-state index is 0.0731. The van der Waals surface area contributed by atoms with Crippen LogP contribution in [0.2, 0.25) is 0 Å². The highest BCUT2D eigenvalue weighted by atomic mass is 19.1. The van der Waals surface area contributed by atoms with E-state index in [0.29, 0.717) is 25.3 Å². The van der Waals surface area contributed by atoms with Crippen LogP contribution in [0.1, 0.15) is 16.1 Å². The van der Waals surface area contributed by atoms with Crippen molar-refractivity contribution in [2.45, 2.75) is 6.54 Å². The molecule has 29 heavy (non-hydrogen) atoms. The number of hydrogen-bond acceptors (Lipinski definition) is 5. The maximum Gasteiger partial charge on any atom is 0.272 e. The minimum atomic E-state index is -0.256. The quantitative estimate of drug-likeness (QED) is 0.724. The maximum absolute atomic E-state index is 13.0. The van der Waals surface area contributed by atoms with Gasteiger partial charge in [-0.1, -0.05) is 18.2 Å². The van der Waals surface area contributed by atoms with Crippen LogP contribution in [0.4, 0.5) is 15.9 Å². The molecule has 2 aromatic heterocycles. The molecule has 3 aromatic rings. The van der Waals surface area contributed by atoms with Crippen LogP contribution < -0.4 is 10.2 Å². The predicted octanol–water partition coefficient (Wildman–Crippen LogP) is 3.19. The lowest BCUT2D eigenvalue weighted by molar-refractivity contribution is 0.0740. The monoisotopic (exact) mass is 391 g/mol. The molecule has 0 bridgehead atoms. The van der Waals surface area contributed by atoms with Crippen molar-refractivity contribution in [1.29, 1.82) is 0 Å². The number of piperazine rings is 1. The van der Waals surface area contributed by atoms with E-state index in [-0.39, 0.29) is 11.7 Å². The van der Waals surface area contributed by atoms with Crippen molar-refractivity contribution in [1.82, 2.24) is 14.9 Å². The van der Waals surface area contributed by atoms with E-state index in [1.54, 1.807) is 30.6 Å². The van der Waals surface area contributed by atoms with Gasteiger partial charge < -0.3 is 15.1 Å². The first-order valence-electron chi connectivity index (χ1n) is 9.59. The van der Waals surface area contributed by atoms with E-state index < -0.39 is 0 Å². The number of rotatable bonds is 5. The normalized spacial score (nSPS) is 14.0. The third-order valence-corrected chi connectivity index (χ3v) is 4.93. The van der Waals surface area contributed by atoms with E-state index in [0.717, 1.165) is 30.2 Å². The Balaban J connectivity index is 1.35. The summed E-state index contributed by atoms with van der Waals surface area (Å²) in [6, 6.07) is 15.8. The highest BCUT2D eigenvalue weighted by Gasteiger charge is 2.23. The first-order valence-corrected chi connectivity index (χ1v) is 9.59. The highest BCUT2D eigenvalue weighted by Crippen LogP contribution is 2.16. The average molecular weight is 391 g/mol. The highest BCUT2D eigenvalue weighted by molar-refractivity contribution is 5.93. The number of benzene rings is 1. The third kappa shape index (κ3) is 4.68. The second-order valence-corrected chi connectivity index (χ2v) is 6.88. The van der Waals surface area contributed by atoms with Gasteiger partial charge in [-0.3, -0.25) is 9.78 Å². The molecular weight excluding hydrogens is 369 g/mol. The van der Waals surface area contributed by atoms with Crippen LogP contribution in [0, 0.1) is 5.82 Å². The fourth-order valence-corrected chi connectivity index (χ4v) is 3.31. The van der Waals surface area contributed by atoms with Gasteiger partial charge in [-0.05, 0) is 42.0 Å². The SMILES string of the molecule is O=C(c1cc(NCc2ccc(F)cc2)ccn1)N1CCN(c2ccccn2)CC1. The van der Waals surface area contributed by atoms with Gasteiger partial charge in [0.25, 0.3) is 5.91 Å². The Hall–Kier alpha value is -3.48. The van der Waals surface area contributed by atoms with Gasteiger partial charge in [-0.25, -0.2) is 9.37 Å². The van der Waals surface area contributed by atoms with Crippen LogP contribution in [-0.2, 0) is 6.54 Å². The van der Waals surface area contributed by atoms with E-state index in [4.69, 9.17) is 0 Å². The summed E-state index contributed by atoms with van der Waals surface area (Å²) in [5.41, 5.74) is 2.18. The fraction of sp³-hybridized carbons (Fsp3) is 0.227. The number of amides is 1. The van der Waals surface area contributed by atoms with Crippen LogP contribution in [0.15, 0.2) is 67.0 Å². The molecule has 4 rings (SSSR count). The van der Waals surface area contributed by atoms with Crippen LogP contribution in [-0.4, -0.2) is 47.0 Å². The van der Waals surface area contributed by atoms with Gasteiger partial charge in [-0.15, -0.1) is 0 Å². The molecule has 1 N–H and O–H groups in total. The lowest BCUT2D eigenvalue weighted by atomic mass is 10.2. The zero-order valence-electron chi connectivity index (χ0n) is 16.0. The third-order valence-electron chi connectivity index (χ3n) is 4.93. The number of pyridine rings is 2. The fourth-order valence-electron chi connectivity index (χ4n) is 3.31. The lowest BCUT2D eigenvalue weighted by Gasteiger charge is -2.35. The van der Waals surface area contributed by atoms with Crippen molar-refractivity contribution in [3.05, 3.63) is 84.1 Å². The number of hydrogen-bond donors (Lipinski definition) is 1. The Morgan fingerprint density at radius 1 is 0.966 bits per heavy atom. The molecule has 148 valence electrons. The predicted molar refractivity (Wildman–Crippen MR) is 110 cm³/mol. The van der Waals surface area contributed by atoms with Crippen LogP contribution >= 0.6 is 0 Å². The van der Waals surface area contributed by atoms with Crippen LogP contribution in [0.25, 0.3) is 0 Å². The van der Waals surface area contributed by atoms with Crippen molar-refractivity contribution in [3.63, 3.8) is 0 Å². The van der Waals surface area contributed by atoms with Gasteiger partial charge in [0.1, 0.15) is 17.3 Å². The Morgan fingerprint density at radius 3 is 2.48 bits per heavy atom. The molecule has 1 aliphatic rings. The van der Waals surface area contributed by atoms with E-state index in [2.05, 4.69) is 20.2 Å². The number of nitrogens with zero attached hydrogens (tertiary/aromatic N) is 4. The summed E-state index contributed by atoms with van der Waals surface area (Å²) in [5, 5.41) is 3.26. The Bertz CT molecular complexity index is 956. The van der Waals surface area contributed by atoms with Crippen LogP contribution in [0.5, 0.6) is 0 Å². The van der Waals surface area contributed by atoms with Gasteiger partial charge in [0.2, 0.25) is 0 Å². The Kier molecular flexibility index (Phi) is 5.65. The topological polar surface area (TPSA) is 61.4 Å². The summed E-state index contributed by atoms with van der Waals surface area (Å²) < 4.78 is 13.0. The van der Waals surface area contributed by atoms with Gasteiger partial charge in [0.15, 0.2) is 0 Å². The summed E-state index contributed by atoms with van der Waals surface area (Å²) in [4.78, 5) is 25.5. The molecule has 0 spiro atoms. The first-order chi connectivity index (χ1) is 14.2. The second-order valence-electron chi connectivity index (χ2n) is 6.88. The average Bonchev–Trinajstić information content (AvgIpc) is 2.79. The van der Waals surface area contributed by atoms with Crippen molar-refractivity contribution in [3.8, 4) is 0 Å². The maximum atomic E-state index is 13.0. The zero-order valence-corrected chi connectivity index (χ0v) is 16.0. The molecule has 1 aliphatic heterocycles. The molecule has 6 nitrogen and oxygen atoms in total. The summed E-state index contributed by atoms with van der Waals surface area (Å²) in [5.74, 6) is 0.606. The smallest absolute Gasteiger partial charge is 0.272 e. The number of nitrogens with one attached hydrogen (secondary N) is 1. The van der Waals surface area contributed by atoms with Gasteiger partial charge in [0.05, 0.1) is 0 Å². The van der Waals surface area contributed by atoms with Crippen molar-refractivity contribution >= 4 is 17.4 Å². The van der Waals surface area contributed by atoms with Crippen LogP contribution in [0.3, 0.4) is 0 Å².